The second-order valence-corrected chi connectivity index (χ2v) is 8.91. The van der Waals surface area contributed by atoms with Gasteiger partial charge in [-0.15, -0.1) is 0 Å². The van der Waals surface area contributed by atoms with Crippen molar-refractivity contribution in [2.24, 2.45) is 0 Å². The van der Waals surface area contributed by atoms with E-state index >= 15 is 0 Å². The van der Waals surface area contributed by atoms with Gasteiger partial charge in [-0.1, -0.05) is 61.4 Å². The molecule has 0 atom stereocenters. The highest BCUT2D eigenvalue weighted by molar-refractivity contribution is 7.95. The van der Waals surface area contributed by atoms with E-state index in [1.807, 2.05) is 54.6 Å². The lowest BCUT2D eigenvalue weighted by molar-refractivity contribution is 1.10. The summed E-state index contributed by atoms with van der Waals surface area (Å²) in [5, 5.41) is 3.70. The average molecular weight is 308 g/mol. The Morgan fingerprint density at radius 1 is 0.636 bits per heavy atom. The summed E-state index contributed by atoms with van der Waals surface area (Å²) in [5.41, 5.74) is 0. The molecule has 0 bridgehead atoms. The zero-order valence-corrected chi connectivity index (χ0v) is 13.4. The van der Waals surface area contributed by atoms with Crippen molar-refractivity contribution in [1.82, 2.24) is 0 Å². The minimum atomic E-state index is -2.01. The van der Waals surface area contributed by atoms with Crippen LogP contribution >= 0.6 is 7.26 Å². The smallest absolute Gasteiger partial charge is 0.0620 e. The highest BCUT2D eigenvalue weighted by atomic mass is 31.2. The SMILES string of the molecule is [2H]C([2H])([2H])CC[P+](c1ccccc1)(c1ccccc1)c1ccccc1. The van der Waals surface area contributed by atoms with Crippen LogP contribution in [0.15, 0.2) is 91.0 Å². The molecule has 22 heavy (non-hydrogen) atoms. The number of hydrogen-bond acceptors (Lipinski definition) is 0. The Balaban J connectivity index is 2.24. The fourth-order valence-electron chi connectivity index (χ4n) is 3.05. The molecule has 0 unspecified atom stereocenters. The van der Waals surface area contributed by atoms with Crippen molar-refractivity contribution in [1.29, 1.82) is 0 Å². The quantitative estimate of drug-likeness (QED) is 0.613. The lowest BCUT2D eigenvalue weighted by Crippen LogP contribution is -2.33. The summed E-state index contributed by atoms with van der Waals surface area (Å²) in [4.78, 5) is 0. The summed E-state index contributed by atoms with van der Waals surface area (Å²) < 4.78 is 23.3. The Morgan fingerprint density at radius 3 is 1.32 bits per heavy atom. The van der Waals surface area contributed by atoms with Crippen molar-refractivity contribution in [3.8, 4) is 0 Å². The molecule has 0 heterocycles. The van der Waals surface area contributed by atoms with E-state index in [2.05, 4.69) is 36.4 Å². The van der Waals surface area contributed by atoms with Crippen molar-refractivity contribution in [3.63, 3.8) is 0 Å². The van der Waals surface area contributed by atoms with Crippen LogP contribution in [0.4, 0.5) is 0 Å². The lowest BCUT2D eigenvalue weighted by Gasteiger charge is -2.27. The fourth-order valence-corrected chi connectivity index (χ4v) is 7.10. The zero-order valence-electron chi connectivity index (χ0n) is 15.5. The predicted octanol–water partition coefficient (Wildman–Crippen LogP) is 4.39. The summed E-state index contributed by atoms with van der Waals surface area (Å²) in [7, 11) is -2.01. The van der Waals surface area contributed by atoms with E-state index in [4.69, 9.17) is 4.11 Å². The van der Waals surface area contributed by atoms with Crippen molar-refractivity contribution >= 4 is 23.2 Å². The highest BCUT2D eigenvalue weighted by Gasteiger charge is 2.43. The van der Waals surface area contributed by atoms with E-state index in [-0.39, 0.29) is 6.42 Å². The molecule has 0 N–H and O–H groups in total. The van der Waals surface area contributed by atoms with Crippen LogP contribution < -0.4 is 15.9 Å². The Morgan fingerprint density at radius 2 is 1.00 bits per heavy atom. The number of rotatable bonds is 5. The molecular weight excluding hydrogens is 283 g/mol. The molecule has 110 valence electrons. The summed E-state index contributed by atoms with van der Waals surface area (Å²) in [6.07, 6.45) is 0.848. The van der Waals surface area contributed by atoms with Crippen LogP contribution in [-0.2, 0) is 0 Å². The number of benzene rings is 3. The third-order valence-corrected chi connectivity index (χ3v) is 8.47. The summed E-state index contributed by atoms with van der Waals surface area (Å²) >= 11 is 0. The first-order valence-electron chi connectivity index (χ1n) is 9.07. The molecule has 0 aliphatic carbocycles. The molecular formula is C21H22P+. The third-order valence-electron chi connectivity index (χ3n) is 4.04. The maximum atomic E-state index is 7.75. The van der Waals surface area contributed by atoms with Gasteiger partial charge in [-0.3, -0.25) is 0 Å². The molecule has 3 aromatic carbocycles. The molecule has 0 aliphatic heterocycles. The van der Waals surface area contributed by atoms with Gasteiger partial charge in [-0.05, 0) is 42.8 Å². The maximum Gasteiger partial charge on any atom is 0.112 e. The Kier molecular flexibility index (Phi) is 3.65. The van der Waals surface area contributed by atoms with Gasteiger partial charge in [0.15, 0.2) is 0 Å². The second kappa shape index (κ2) is 6.90. The van der Waals surface area contributed by atoms with Crippen molar-refractivity contribution < 1.29 is 4.11 Å². The fraction of sp³-hybridized carbons (Fsp3) is 0.143. The Hall–Kier alpha value is -1.91. The first kappa shape index (κ1) is 11.6. The van der Waals surface area contributed by atoms with Gasteiger partial charge in [-0.25, -0.2) is 0 Å². The number of hydrogen-bond donors (Lipinski definition) is 0. The van der Waals surface area contributed by atoms with Crippen molar-refractivity contribution in [3.05, 3.63) is 91.0 Å². The van der Waals surface area contributed by atoms with Crippen molar-refractivity contribution in [2.45, 2.75) is 13.3 Å². The van der Waals surface area contributed by atoms with Crippen molar-refractivity contribution in [2.75, 3.05) is 6.16 Å². The summed E-state index contributed by atoms with van der Waals surface area (Å²) in [6, 6.07) is 31.2. The summed E-state index contributed by atoms with van der Waals surface area (Å²) in [6.45, 7) is -1.93. The largest absolute Gasteiger partial charge is 0.112 e. The lowest BCUT2D eigenvalue weighted by atomic mass is 10.4. The van der Waals surface area contributed by atoms with E-state index in [0.717, 1.165) is 0 Å². The molecule has 0 fully saturated rings. The standard InChI is InChI=1S/C21H22P/c1-2-18-22(19-12-6-3-7-13-19,20-14-8-4-9-15-20)21-16-10-5-11-17-21/h3-17H,2,18H2,1H3/q+1/i1D3. The van der Waals surface area contributed by atoms with Crippen LogP contribution in [0.25, 0.3) is 0 Å². The van der Waals surface area contributed by atoms with E-state index in [9.17, 15) is 0 Å². The van der Waals surface area contributed by atoms with Crippen LogP contribution in [-0.4, -0.2) is 6.16 Å². The molecule has 0 radical (unpaired) electrons. The molecule has 0 saturated carbocycles. The summed E-state index contributed by atoms with van der Waals surface area (Å²) in [5.74, 6) is 0. The zero-order chi connectivity index (χ0) is 17.8. The molecule has 0 aromatic heterocycles. The molecule has 1 heteroatoms. The van der Waals surface area contributed by atoms with E-state index in [1.165, 1.54) is 15.9 Å². The first-order chi connectivity index (χ1) is 12.0. The van der Waals surface area contributed by atoms with Gasteiger partial charge in [0.05, 0.1) is 6.16 Å². The van der Waals surface area contributed by atoms with E-state index in [1.54, 1.807) is 0 Å². The first-order valence-corrected chi connectivity index (χ1v) is 9.55. The highest BCUT2D eigenvalue weighted by Crippen LogP contribution is 2.55. The molecule has 0 aliphatic rings. The van der Waals surface area contributed by atoms with Gasteiger partial charge in [-0.2, -0.15) is 0 Å². The predicted molar refractivity (Wildman–Crippen MR) is 100 cm³/mol. The van der Waals surface area contributed by atoms with E-state index < -0.39 is 14.1 Å². The van der Waals surface area contributed by atoms with Gasteiger partial charge < -0.3 is 0 Å². The van der Waals surface area contributed by atoms with Crippen LogP contribution in [0, 0.1) is 0 Å². The van der Waals surface area contributed by atoms with Crippen LogP contribution in [0.1, 0.15) is 17.4 Å². The average Bonchev–Trinajstić information content (AvgIpc) is 2.64. The van der Waals surface area contributed by atoms with E-state index in [0.29, 0.717) is 6.16 Å². The minimum Gasteiger partial charge on any atom is -0.0620 e. The van der Waals surface area contributed by atoms with Gasteiger partial charge in [0.2, 0.25) is 0 Å². The van der Waals surface area contributed by atoms with Gasteiger partial charge in [0.25, 0.3) is 0 Å². The molecule has 3 rings (SSSR count). The van der Waals surface area contributed by atoms with Gasteiger partial charge in [0.1, 0.15) is 23.2 Å². The molecule has 0 nitrogen and oxygen atoms in total. The topological polar surface area (TPSA) is 0 Å². The molecule has 0 spiro atoms. The van der Waals surface area contributed by atoms with Gasteiger partial charge in [0, 0.05) is 4.11 Å². The normalized spacial score (nSPS) is 13.9. The van der Waals surface area contributed by atoms with Crippen LogP contribution in [0.3, 0.4) is 0 Å². The monoisotopic (exact) mass is 308 g/mol. The van der Waals surface area contributed by atoms with Crippen LogP contribution in [0.2, 0.25) is 0 Å². The maximum absolute atomic E-state index is 7.75. The molecule has 0 saturated heterocycles. The van der Waals surface area contributed by atoms with Crippen LogP contribution in [0.5, 0.6) is 0 Å². The Labute approximate surface area is 138 Å². The van der Waals surface area contributed by atoms with Gasteiger partial charge >= 0.3 is 0 Å². The minimum absolute atomic E-state index is 0.208. The Bertz CT molecular complexity index is 687. The third kappa shape index (κ3) is 2.72. The second-order valence-electron chi connectivity index (χ2n) is 5.29. The molecule has 3 aromatic rings. The molecule has 0 amide bonds.